The predicted octanol–water partition coefficient (Wildman–Crippen LogP) is 3.16. The smallest absolute Gasteiger partial charge is 0.148 e. The average Bonchev–Trinajstić information content (AvgIpc) is 2.43. The van der Waals surface area contributed by atoms with Gasteiger partial charge in [0.25, 0.3) is 0 Å². The first-order valence-corrected chi connectivity index (χ1v) is 6.17. The van der Waals surface area contributed by atoms with Crippen LogP contribution in [0.25, 0.3) is 0 Å². The van der Waals surface area contributed by atoms with Crippen molar-refractivity contribution in [1.29, 1.82) is 0 Å². The molecular formula is C16H18N2O. The Morgan fingerprint density at radius 2 is 1.68 bits per heavy atom. The molecule has 3 heteroatoms. The van der Waals surface area contributed by atoms with E-state index in [0.29, 0.717) is 30.2 Å². The third kappa shape index (κ3) is 3.07. The van der Waals surface area contributed by atoms with Gasteiger partial charge in [-0.3, -0.25) is 0 Å². The van der Waals surface area contributed by atoms with Crippen molar-refractivity contribution in [3.63, 3.8) is 0 Å². The molecule has 4 N–H and O–H groups in total. The maximum atomic E-state index is 5.97. The number of nitrogen functional groups attached to an aromatic ring is 2. The van der Waals surface area contributed by atoms with Crippen molar-refractivity contribution in [1.82, 2.24) is 0 Å². The van der Waals surface area contributed by atoms with Gasteiger partial charge in [0.1, 0.15) is 12.4 Å². The molecule has 0 spiro atoms. The highest BCUT2D eigenvalue weighted by atomic mass is 16.5. The topological polar surface area (TPSA) is 61.3 Å². The van der Waals surface area contributed by atoms with Crippen LogP contribution in [0.1, 0.15) is 11.1 Å². The minimum atomic E-state index is 0.471. The standard InChI is InChI=1S/C16H18N2O/c1-2-6-13-14(17)9-10-15(18)16(13)19-11-12-7-4-3-5-8-12/h2-5,7-10H,1,6,11,17-18H2. The Hall–Kier alpha value is -2.42. The molecule has 0 atom stereocenters. The first-order valence-electron chi connectivity index (χ1n) is 6.17. The Balaban J connectivity index is 2.23. The summed E-state index contributed by atoms with van der Waals surface area (Å²) in [7, 11) is 0. The molecule has 0 bridgehead atoms. The molecule has 0 saturated heterocycles. The molecule has 0 aromatic heterocycles. The molecule has 0 unspecified atom stereocenters. The van der Waals surface area contributed by atoms with Gasteiger partial charge in [-0.25, -0.2) is 0 Å². The molecule has 3 nitrogen and oxygen atoms in total. The fourth-order valence-electron chi connectivity index (χ4n) is 1.92. The third-order valence-electron chi connectivity index (χ3n) is 2.90. The maximum absolute atomic E-state index is 5.97. The van der Waals surface area contributed by atoms with Gasteiger partial charge in [0.05, 0.1) is 5.69 Å². The van der Waals surface area contributed by atoms with Crippen LogP contribution in [0.3, 0.4) is 0 Å². The summed E-state index contributed by atoms with van der Waals surface area (Å²) in [4.78, 5) is 0. The van der Waals surface area contributed by atoms with Gasteiger partial charge in [0.2, 0.25) is 0 Å². The van der Waals surface area contributed by atoms with Crippen LogP contribution in [0.4, 0.5) is 11.4 Å². The summed E-state index contributed by atoms with van der Waals surface area (Å²) in [6, 6.07) is 13.5. The average molecular weight is 254 g/mol. The molecule has 2 aromatic carbocycles. The second-order valence-electron chi connectivity index (χ2n) is 4.32. The number of ether oxygens (including phenoxy) is 1. The van der Waals surface area contributed by atoms with Gasteiger partial charge in [-0.15, -0.1) is 6.58 Å². The monoisotopic (exact) mass is 254 g/mol. The van der Waals surface area contributed by atoms with Crippen LogP contribution in [0.15, 0.2) is 55.1 Å². The summed E-state index contributed by atoms with van der Waals surface area (Å²) in [5.74, 6) is 0.656. The molecule has 98 valence electrons. The summed E-state index contributed by atoms with van der Waals surface area (Å²) in [5, 5.41) is 0. The van der Waals surface area contributed by atoms with Gasteiger partial charge in [-0.1, -0.05) is 36.4 Å². The van der Waals surface area contributed by atoms with Crippen LogP contribution >= 0.6 is 0 Å². The molecule has 0 aliphatic heterocycles. The Labute approximate surface area is 113 Å². The van der Waals surface area contributed by atoms with E-state index in [0.717, 1.165) is 11.1 Å². The number of hydrogen-bond acceptors (Lipinski definition) is 3. The summed E-state index contributed by atoms with van der Waals surface area (Å²) in [6.07, 6.45) is 2.43. The van der Waals surface area contributed by atoms with Gasteiger partial charge in [-0.05, 0) is 24.1 Å². The van der Waals surface area contributed by atoms with Gasteiger partial charge in [0.15, 0.2) is 0 Å². The van der Waals surface area contributed by atoms with Gasteiger partial charge in [0, 0.05) is 11.3 Å². The largest absolute Gasteiger partial charge is 0.486 e. The van der Waals surface area contributed by atoms with E-state index in [1.165, 1.54) is 0 Å². The summed E-state index contributed by atoms with van der Waals surface area (Å²) < 4.78 is 5.83. The highest BCUT2D eigenvalue weighted by Gasteiger charge is 2.10. The van der Waals surface area contributed by atoms with E-state index >= 15 is 0 Å². The van der Waals surface area contributed by atoms with Crippen LogP contribution in [0.5, 0.6) is 5.75 Å². The Kier molecular flexibility index (Phi) is 4.08. The number of benzene rings is 2. The maximum Gasteiger partial charge on any atom is 0.148 e. The minimum absolute atomic E-state index is 0.471. The summed E-state index contributed by atoms with van der Waals surface area (Å²) >= 11 is 0. The van der Waals surface area contributed by atoms with Gasteiger partial charge < -0.3 is 16.2 Å². The number of rotatable bonds is 5. The van der Waals surface area contributed by atoms with E-state index in [9.17, 15) is 0 Å². The van der Waals surface area contributed by atoms with Crippen LogP contribution in [0, 0.1) is 0 Å². The molecule has 0 heterocycles. The summed E-state index contributed by atoms with van der Waals surface area (Å²) in [6.45, 7) is 4.21. The molecular weight excluding hydrogens is 236 g/mol. The van der Waals surface area contributed by atoms with Crippen molar-refractivity contribution in [2.45, 2.75) is 13.0 Å². The SMILES string of the molecule is C=CCc1c(N)ccc(N)c1OCc1ccccc1. The first kappa shape index (κ1) is 13.0. The van der Waals surface area contributed by atoms with Crippen LogP contribution in [0.2, 0.25) is 0 Å². The lowest BCUT2D eigenvalue weighted by atomic mass is 10.1. The second-order valence-corrected chi connectivity index (χ2v) is 4.32. The van der Waals surface area contributed by atoms with Crippen molar-refractivity contribution in [2.75, 3.05) is 11.5 Å². The molecule has 19 heavy (non-hydrogen) atoms. The highest BCUT2D eigenvalue weighted by molar-refractivity contribution is 5.66. The van der Waals surface area contributed by atoms with Crippen molar-refractivity contribution in [2.24, 2.45) is 0 Å². The van der Waals surface area contributed by atoms with E-state index in [-0.39, 0.29) is 0 Å². The molecule has 0 saturated carbocycles. The Morgan fingerprint density at radius 3 is 2.37 bits per heavy atom. The summed E-state index contributed by atoms with van der Waals surface area (Å²) in [5.41, 5.74) is 15.2. The lowest BCUT2D eigenvalue weighted by molar-refractivity contribution is 0.305. The van der Waals surface area contributed by atoms with Crippen molar-refractivity contribution in [3.8, 4) is 5.75 Å². The minimum Gasteiger partial charge on any atom is -0.486 e. The van der Waals surface area contributed by atoms with E-state index in [1.54, 1.807) is 18.2 Å². The Bertz CT molecular complexity index is 564. The molecule has 0 aliphatic rings. The first-order chi connectivity index (χ1) is 9.22. The molecule has 0 fully saturated rings. The lowest BCUT2D eigenvalue weighted by Gasteiger charge is -2.15. The predicted molar refractivity (Wildman–Crippen MR) is 79.9 cm³/mol. The fourth-order valence-corrected chi connectivity index (χ4v) is 1.92. The highest BCUT2D eigenvalue weighted by Crippen LogP contribution is 2.32. The van der Waals surface area contributed by atoms with Gasteiger partial charge in [-0.2, -0.15) is 0 Å². The number of nitrogens with two attached hydrogens (primary N) is 2. The number of allylic oxidation sites excluding steroid dienone is 1. The zero-order valence-electron chi connectivity index (χ0n) is 10.8. The molecule has 0 aliphatic carbocycles. The lowest BCUT2D eigenvalue weighted by Crippen LogP contribution is -2.04. The number of hydrogen-bond donors (Lipinski definition) is 2. The van der Waals surface area contributed by atoms with E-state index in [2.05, 4.69) is 6.58 Å². The van der Waals surface area contributed by atoms with Crippen LogP contribution in [-0.4, -0.2) is 0 Å². The quantitative estimate of drug-likeness (QED) is 0.636. The second kappa shape index (κ2) is 5.96. The van der Waals surface area contributed by atoms with Crippen LogP contribution in [-0.2, 0) is 13.0 Å². The third-order valence-corrected chi connectivity index (χ3v) is 2.90. The van der Waals surface area contributed by atoms with E-state index in [4.69, 9.17) is 16.2 Å². The molecule has 0 radical (unpaired) electrons. The zero-order valence-corrected chi connectivity index (χ0v) is 10.8. The molecule has 0 amide bonds. The van der Waals surface area contributed by atoms with E-state index < -0.39 is 0 Å². The van der Waals surface area contributed by atoms with Crippen molar-refractivity contribution < 1.29 is 4.74 Å². The van der Waals surface area contributed by atoms with Crippen molar-refractivity contribution >= 4 is 11.4 Å². The molecule has 2 rings (SSSR count). The number of anilines is 2. The zero-order chi connectivity index (χ0) is 13.7. The molecule has 2 aromatic rings. The Morgan fingerprint density at radius 1 is 1.00 bits per heavy atom. The van der Waals surface area contributed by atoms with Crippen molar-refractivity contribution in [3.05, 3.63) is 66.2 Å². The van der Waals surface area contributed by atoms with Crippen LogP contribution < -0.4 is 16.2 Å². The normalized spacial score (nSPS) is 10.1. The van der Waals surface area contributed by atoms with E-state index in [1.807, 2.05) is 30.3 Å². The fraction of sp³-hybridized carbons (Fsp3) is 0.125. The van der Waals surface area contributed by atoms with Gasteiger partial charge >= 0.3 is 0 Å².